The quantitative estimate of drug-likeness (QED) is 0.286. The van der Waals surface area contributed by atoms with E-state index in [4.69, 9.17) is 0 Å². The summed E-state index contributed by atoms with van der Waals surface area (Å²) in [7, 11) is 1.83. The minimum Gasteiger partial charge on any atom is -0.356 e. The Kier molecular flexibility index (Phi) is 11.0. The van der Waals surface area contributed by atoms with Crippen molar-refractivity contribution in [2.45, 2.75) is 51.4 Å². The SMILES string of the molecule is CN=C(NCCCCC1CCCC1)NCCc1cccnc1.I. The first-order valence-corrected chi connectivity index (χ1v) is 8.72. The van der Waals surface area contributed by atoms with Crippen LogP contribution in [-0.2, 0) is 6.42 Å². The van der Waals surface area contributed by atoms with Crippen molar-refractivity contribution in [2.24, 2.45) is 10.9 Å². The fraction of sp³-hybridized carbons (Fsp3) is 0.667. The predicted octanol–water partition coefficient (Wildman–Crippen LogP) is 3.77. The van der Waals surface area contributed by atoms with E-state index in [0.717, 1.165) is 31.4 Å². The van der Waals surface area contributed by atoms with Gasteiger partial charge in [-0.05, 0) is 30.4 Å². The van der Waals surface area contributed by atoms with Crippen molar-refractivity contribution in [3.63, 3.8) is 0 Å². The second-order valence-electron chi connectivity index (χ2n) is 6.18. The highest BCUT2D eigenvalue weighted by Crippen LogP contribution is 2.28. The Hall–Kier alpha value is -0.850. The molecule has 0 saturated heterocycles. The molecule has 1 saturated carbocycles. The molecule has 1 aliphatic carbocycles. The smallest absolute Gasteiger partial charge is 0.190 e. The molecule has 1 heterocycles. The highest BCUT2D eigenvalue weighted by Gasteiger charge is 2.13. The monoisotopic (exact) mass is 430 g/mol. The molecule has 2 rings (SSSR count). The van der Waals surface area contributed by atoms with Crippen molar-refractivity contribution in [2.75, 3.05) is 20.1 Å². The highest BCUT2D eigenvalue weighted by molar-refractivity contribution is 14.0. The third kappa shape index (κ3) is 8.53. The van der Waals surface area contributed by atoms with Gasteiger partial charge in [0.15, 0.2) is 5.96 Å². The third-order valence-corrected chi connectivity index (χ3v) is 4.46. The maximum Gasteiger partial charge on any atom is 0.190 e. The van der Waals surface area contributed by atoms with Crippen LogP contribution in [0.4, 0.5) is 0 Å². The zero-order chi connectivity index (χ0) is 15.5. The van der Waals surface area contributed by atoms with Crippen LogP contribution in [0.15, 0.2) is 29.5 Å². The van der Waals surface area contributed by atoms with Gasteiger partial charge in [-0.25, -0.2) is 0 Å². The molecular weight excluding hydrogens is 399 g/mol. The van der Waals surface area contributed by atoms with Crippen LogP contribution in [0, 0.1) is 5.92 Å². The van der Waals surface area contributed by atoms with Crippen LogP contribution in [0.5, 0.6) is 0 Å². The van der Waals surface area contributed by atoms with E-state index in [2.05, 4.69) is 26.7 Å². The summed E-state index contributed by atoms with van der Waals surface area (Å²) in [5.41, 5.74) is 1.25. The van der Waals surface area contributed by atoms with Gasteiger partial charge in [-0.15, -0.1) is 24.0 Å². The summed E-state index contributed by atoms with van der Waals surface area (Å²) in [6.45, 7) is 1.90. The summed E-state index contributed by atoms with van der Waals surface area (Å²) < 4.78 is 0. The van der Waals surface area contributed by atoms with Gasteiger partial charge in [-0.2, -0.15) is 0 Å². The number of hydrogen-bond acceptors (Lipinski definition) is 2. The van der Waals surface area contributed by atoms with Crippen molar-refractivity contribution in [3.8, 4) is 0 Å². The number of aliphatic imine (C=N–C) groups is 1. The van der Waals surface area contributed by atoms with E-state index in [0.29, 0.717) is 0 Å². The first-order valence-electron chi connectivity index (χ1n) is 8.72. The molecule has 0 atom stereocenters. The molecule has 0 amide bonds. The second kappa shape index (κ2) is 12.6. The van der Waals surface area contributed by atoms with Gasteiger partial charge in [0.1, 0.15) is 0 Å². The number of guanidine groups is 1. The van der Waals surface area contributed by atoms with Crippen LogP contribution >= 0.6 is 24.0 Å². The molecule has 4 nitrogen and oxygen atoms in total. The molecule has 0 bridgehead atoms. The lowest BCUT2D eigenvalue weighted by atomic mass is 10.0. The fourth-order valence-corrected chi connectivity index (χ4v) is 3.16. The molecule has 1 aromatic heterocycles. The maximum atomic E-state index is 4.27. The Labute approximate surface area is 158 Å². The summed E-state index contributed by atoms with van der Waals surface area (Å²) in [5, 5.41) is 6.77. The van der Waals surface area contributed by atoms with Crippen molar-refractivity contribution in [1.82, 2.24) is 15.6 Å². The molecule has 1 fully saturated rings. The minimum atomic E-state index is 0. The molecule has 0 unspecified atom stereocenters. The molecule has 0 aromatic carbocycles. The molecule has 5 heteroatoms. The normalized spacial score (nSPS) is 15.3. The van der Waals surface area contributed by atoms with E-state index in [1.807, 2.05) is 25.5 Å². The van der Waals surface area contributed by atoms with E-state index in [-0.39, 0.29) is 24.0 Å². The Morgan fingerprint density at radius 1 is 1.22 bits per heavy atom. The van der Waals surface area contributed by atoms with Crippen LogP contribution in [0.25, 0.3) is 0 Å². The number of nitrogens with one attached hydrogen (secondary N) is 2. The zero-order valence-corrected chi connectivity index (χ0v) is 16.6. The molecular formula is C18H31IN4. The van der Waals surface area contributed by atoms with Crippen molar-refractivity contribution >= 4 is 29.9 Å². The average molecular weight is 430 g/mol. The summed E-state index contributed by atoms with van der Waals surface area (Å²) in [6, 6.07) is 4.08. The van der Waals surface area contributed by atoms with E-state index < -0.39 is 0 Å². The van der Waals surface area contributed by atoms with E-state index in [9.17, 15) is 0 Å². The molecule has 1 aliphatic rings. The standard InChI is InChI=1S/C18H30N4.HI/c1-19-18(22-14-11-17-10-6-12-20-15-17)21-13-5-4-9-16-7-2-3-8-16;/h6,10,12,15-16H,2-5,7-9,11,13-14H2,1H3,(H2,19,21,22);1H. The van der Waals surface area contributed by atoms with Gasteiger partial charge >= 0.3 is 0 Å². The number of unbranched alkanes of at least 4 members (excludes halogenated alkanes) is 1. The number of rotatable bonds is 8. The molecule has 0 aliphatic heterocycles. The van der Waals surface area contributed by atoms with Crippen molar-refractivity contribution in [1.29, 1.82) is 0 Å². The van der Waals surface area contributed by atoms with Crippen molar-refractivity contribution in [3.05, 3.63) is 30.1 Å². The number of nitrogens with zero attached hydrogens (tertiary/aromatic N) is 2. The lowest BCUT2D eigenvalue weighted by Crippen LogP contribution is -2.38. The number of hydrogen-bond donors (Lipinski definition) is 2. The van der Waals surface area contributed by atoms with Gasteiger partial charge in [0.05, 0.1) is 0 Å². The summed E-state index contributed by atoms with van der Waals surface area (Å²) in [6.07, 6.45) is 14.5. The van der Waals surface area contributed by atoms with Crippen LogP contribution in [0.2, 0.25) is 0 Å². The first kappa shape index (κ1) is 20.2. The van der Waals surface area contributed by atoms with E-state index in [1.54, 1.807) is 0 Å². The van der Waals surface area contributed by atoms with Gasteiger partial charge in [-0.1, -0.05) is 44.6 Å². The lowest BCUT2D eigenvalue weighted by Gasteiger charge is -2.12. The van der Waals surface area contributed by atoms with Gasteiger partial charge in [-0.3, -0.25) is 9.98 Å². The van der Waals surface area contributed by atoms with Gasteiger partial charge in [0.25, 0.3) is 0 Å². The Morgan fingerprint density at radius 2 is 2.00 bits per heavy atom. The molecule has 0 spiro atoms. The van der Waals surface area contributed by atoms with Crippen LogP contribution < -0.4 is 10.6 Å². The number of aromatic nitrogens is 1. The predicted molar refractivity (Wildman–Crippen MR) is 109 cm³/mol. The molecule has 23 heavy (non-hydrogen) atoms. The third-order valence-electron chi connectivity index (χ3n) is 4.46. The number of pyridine rings is 1. The fourth-order valence-electron chi connectivity index (χ4n) is 3.16. The Morgan fingerprint density at radius 3 is 2.70 bits per heavy atom. The Bertz CT molecular complexity index is 430. The van der Waals surface area contributed by atoms with Crippen molar-refractivity contribution < 1.29 is 0 Å². The van der Waals surface area contributed by atoms with Crippen LogP contribution in [0.3, 0.4) is 0 Å². The molecule has 2 N–H and O–H groups in total. The van der Waals surface area contributed by atoms with Gasteiger partial charge < -0.3 is 10.6 Å². The summed E-state index contributed by atoms with van der Waals surface area (Å²) in [4.78, 5) is 8.40. The highest BCUT2D eigenvalue weighted by atomic mass is 127. The first-order chi connectivity index (χ1) is 10.9. The summed E-state index contributed by atoms with van der Waals surface area (Å²) in [5.74, 6) is 1.92. The number of halogens is 1. The maximum absolute atomic E-state index is 4.27. The van der Waals surface area contributed by atoms with E-state index >= 15 is 0 Å². The average Bonchev–Trinajstić information content (AvgIpc) is 3.07. The Balaban J connectivity index is 0.00000264. The van der Waals surface area contributed by atoms with Crippen LogP contribution in [0.1, 0.15) is 50.5 Å². The molecule has 1 aromatic rings. The topological polar surface area (TPSA) is 49.3 Å². The lowest BCUT2D eigenvalue weighted by molar-refractivity contribution is 0.472. The summed E-state index contributed by atoms with van der Waals surface area (Å²) >= 11 is 0. The minimum absolute atomic E-state index is 0. The zero-order valence-electron chi connectivity index (χ0n) is 14.3. The second-order valence-corrected chi connectivity index (χ2v) is 6.18. The van der Waals surface area contributed by atoms with E-state index in [1.165, 1.54) is 50.5 Å². The van der Waals surface area contributed by atoms with Crippen LogP contribution in [-0.4, -0.2) is 31.1 Å². The molecule has 0 radical (unpaired) electrons. The molecule has 130 valence electrons. The largest absolute Gasteiger partial charge is 0.356 e. The van der Waals surface area contributed by atoms with Gasteiger partial charge in [0, 0.05) is 32.5 Å². The van der Waals surface area contributed by atoms with Gasteiger partial charge in [0.2, 0.25) is 0 Å².